The normalized spacial score (nSPS) is 22.5. The maximum Gasteiger partial charge on any atom is 0.214 e. The molecule has 26 heavy (non-hydrogen) atoms. The minimum absolute atomic E-state index is 0.128. The fraction of sp³-hybridized carbons (Fsp3) is 0.684. The highest BCUT2D eigenvalue weighted by atomic mass is 32.2. The van der Waals surface area contributed by atoms with Crippen molar-refractivity contribution in [2.24, 2.45) is 0 Å². The third-order valence-electron chi connectivity index (χ3n) is 5.01. The quantitative estimate of drug-likeness (QED) is 0.610. The number of ether oxygens (including phenoxy) is 2. The van der Waals surface area contributed by atoms with E-state index in [4.69, 9.17) is 9.47 Å². The first-order valence-corrected chi connectivity index (χ1v) is 10.8. The second-order valence-corrected chi connectivity index (χ2v) is 9.11. The van der Waals surface area contributed by atoms with Crippen molar-refractivity contribution in [3.05, 3.63) is 29.8 Å². The Morgan fingerprint density at radius 2 is 1.85 bits per heavy atom. The van der Waals surface area contributed by atoms with E-state index in [1.165, 1.54) is 0 Å². The van der Waals surface area contributed by atoms with Crippen LogP contribution in [0.2, 0.25) is 0 Å². The molecule has 0 aliphatic carbocycles. The van der Waals surface area contributed by atoms with Crippen LogP contribution in [0, 0.1) is 0 Å². The number of methoxy groups -OCH3 is 2. The van der Waals surface area contributed by atoms with Crippen molar-refractivity contribution < 1.29 is 17.9 Å². The molecular weight excluding hydrogens is 352 g/mol. The lowest BCUT2D eigenvalue weighted by molar-refractivity contribution is 0.0666. The summed E-state index contributed by atoms with van der Waals surface area (Å²) in [5.74, 6) is 0.885. The molecule has 0 saturated carbocycles. The lowest BCUT2D eigenvalue weighted by Gasteiger charge is -2.43. The molecule has 6 nitrogen and oxygen atoms in total. The van der Waals surface area contributed by atoms with Crippen LogP contribution in [0.4, 0.5) is 0 Å². The molecule has 148 valence electrons. The van der Waals surface area contributed by atoms with Gasteiger partial charge in [0, 0.05) is 45.4 Å². The molecule has 7 heteroatoms. The van der Waals surface area contributed by atoms with Crippen LogP contribution in [0.3, 0.4) is 0 Å². The van der Waals surface area contributed by atoms with Crippen LogP contribution in [-0.4, -0.2) is 75.9 Å². The monoisotopic (exact) mass is 384 g/mol. The highest BCUT2D eigenvalue weighted by Crippen LogP contribution is 2.20. The average molecular weight is 385 g/mol. The number of sulfonamides is 1. The van der Waals surface area contributed by atoms with E-state index in [1.54, 1.807) is 18.5 Å². The second-order valence-electron chi connectivity index (χ2n) is 7.02. The topological polar surface area (TPSA) is 59.1 Å². The molecule has 1 heterocycles. The first kappa shape index (κ1) is 21.2. The molecule has 1 aromatic rings. The van der Waals surface area contributed by atoms with Crippen molar-refractivity contribution in [1.29, 1.82) is 0 Å². The smallest absolute Gasteiger partial charge is 0.214 e. The molecule has 0 aromatic heterocycles. The molecule has 1 aromatic carbocycles. The minimum atomic E-state index is -3.27. The summed E-state index contributed by atoms with van der Waals surface area (Å²) >= 11 is 0. The van der Waals surface area contributed by atoms with E-state index < -0.39 is 10.0 Å². The van der Waals surface area contributed by atoms with E-state index >= 15 is 0 Å². The molecule has 1 aliphatic heterocycles. The summed E-state index contributed by atoms with van der Waals surface area (Å²) in [6, 6.07) is 8.02. The lowest BCUT2D eigenvalue weighted by Crippen LogP contribution is -2.58. The molecular formula is C19H32N2O4S. The number of rotatable bonds is 9. The van der Waals surface area contributed by atoms with Crippen LogP contribution in [0.1, 0.15) is 25.8 Å². The van der Waals surface area contributed by atoms with E-state index in [1.807, 2.05) is 24.3 Å². The van der Waals surface area contributed by atoms with Gasteiger partial charge in [0.15, 0.2) is 0 Å². The Balaban J connectivity index is 1.94. The standard InChI is InChI=1S/C19H32N2O4S/c1-16-14-20(15-17(2)21(16)10-6-11-24-3)26(22,23)12-9-18-7-5-8-19(13-18)25-4/h5,7-8,13,16-17H,6,9-12,14-15H2,1-4H3. The lowest BCUT2D eigenvalue weighted by atomic mass is 10.1. The summed E-state index contributed by atoms with van der Waals surface area (Å²) in [4.78, 5) is 2.38. The highest BCUT2D eigenvalue weighted by molar-refractivity contribution is 7.89. The Labute approximate surface area is 158 Å². The molecule has 2 atom stereocenters. The average Bonchev–Trinajstić information content (AvgIpc) is 2.62. The molecule has 0 radical (unpaired) electrons. The molecule has 2 rings (SSSR count). The first-order chi connectivity index (χ1) is 12.4. The van der Waals surface area contributed by atoms with Crippen LogP contribution in [-0.2, 0) is 21.2 Å². The van der Waals surface area contributed by atoms with Gasteiger partial charge in [-0.25, -0.2) is 8.42 Å². The molecule has 0 spiro atoms. The van der Waals surface area contributed by atoms with E-state index in [0.717, 1.165) is 30.9 Å². The van der Waals surface area contributed by atoms with Crippen LogP contribution >= 0.6 is 0 Å². The summed E-state index contributed by atoms with van der Waals surface area (Å²) < 4.78 is 37.7. The Morgan fingerprint density at radius 3 is 2.46 bits per heavy atom. The molecule has 0 N–H and O–H groups in total. The number of piperazine rings is 1. The van der Waals surface area contributed by atoms with Gasteiger partial charge in [-0.1, -0.05) is 12.1 Å². The van der Waals surface area contributed by atoms with Crippen LogP contribution in [0.5, 0.6) is 5.75 Å². The van der Waals surface area contributed by atoms with Crippen molar-refractivity contribution in [3.8, 4) is 5.75 Å². The van der Waals surface area contributed by atoms with E-state index in [9.17, 15) is 8.42 Å². The van der Waals surface area contributed by atoms with Gasteiger partial charge in [-0.15, -0.1) is 0 Å². The van der Waals surface area contributed by atoms with Crippen molar-refractivity contribution in [1.82, 2.24) is 9.21 Å². The summed E-state index contributed by atoms with van der Waals surface area (Å²) in [5.41, 5.74) is 0.979. The molecule has 0 amide bonds. The summed E-state index contributed by atoms with van der Waals surface area (Å²) in [5, 5.41) is 0. The summed E-state index contributed by atoms with van der Waals surface area (Å²) in [6.07, 6.45) is 1.46. The zero-order valence-corrected chi connectivity index (χ0v) is 17.2. The predicted octanol–water partition coefficient (Wildman–Crippen LogP) is 2.00. The largest absolute Gasteiger partial charge is 0.497 e. The van der Waals surface area contributed by atoms with Crippen molar-refractivity contribution in [3.63, 3.8) is 0 Å². The fourth-order valence-corrected chi connectivity index (χ4v) is 5.21. The maximum absolute atomic E-state index is 12.8. The highest BCUT2D eigenvalue weighted by Gasteiger charge is 2.34. The molecule has 1 aliphatic rings. The number of aryl methyl sites for hydroxylation is 1. The Kier molecular flexibility index (Phi) is 7.88. The Morgan fingerprint density at radius 1 is 1.15 bits per heavy atom. The van der Waals surface area contributed by atoms with Gasteiger partial charge >= 0.3 is 0 Å². The summed E-state index contributed by atoms with van der Waals surface area (Å²) in [6.45, 7) is 6.99. The fourth-order valence-electron chi connectivity index (χ4n) is 3.57. The maximum atomic E-state index is 12.8. The van der Waals surface area contributed by atoms with E-state index in [0.29, 0.717) is 19.5 Å². The van der Waals surface area contributed by atoms with Gasteiger partial charge < -0.3 is 9.47 Å². The zero-order valence-electron chi connectivity index (χ0n) is 16.3. The second kappa shape index (κ2) is 9.69. The zero-order chi connectivity index (χ0) is 19.2. The van der Waals surface area contributed by atoms with Gasteiger partial charge in [-0.3, -0.25) is 4.90 Å². The minimum Gasteiger partial charge on any atom is -0.497 e. The number of benzene rings is 1. The van der Waals surface area contributed by atoms with Crippen molar-refractivity contribution in [2.75, 3.05) is 46.2 Å². The number of hydrogen-bond acceptors (Lipinski definition) is 5. The predicted molar refractivity (Wildman–Crippen MR) is 104 cm³/mol. The van der Waals surface area contributed by atoms with E-state index in [-0.39, 0.29) is 17.8 Å². The molecule has 2 unspecified atom stereocenters. The van der Waals surface area contributed by atoms with Crippen LogP contribution in [0.25, 0.3) is 0 Å². The van der Waals surface area contributed by atoms with Gasteiger partial charge in [0.2, 0.25) is 10.0 Å². The third kappa shape index (κ3) is 5.67. The Bertz CT molecular complexity index is 653. The number of nitrogens with zero attached hydrogens (tertiary/aromatic N) is 2. The van der Waals surface area contributed by atoms with Crippen molar-refractivity contribution in [2.45, 2.75) is 38.8 Å². The summed E-state index contributed by atoms with van der Waals surface area (Å²) in [7, 11) is 0.0495. The Hall–Kier alpha value is -1.15. The first-order valence-electron chi connectivity index (χ1n) is 9.23. The van der Waals surface area contributed by atoms with Gasteiger partial charge in [0.05, 0.1) is 12.9 Å². The van der Waals surface area contributed by atoms with E-state index in [2.05, 4.69) is 18.7 Å². The van der Waals surface area contributed by atoms with Crippen LogP contribution < -0.4 is 4.74 Å². The SMILES string of the molecule is COCCCN1C(C)CN(S(=O)(=O)CCc2cccc(OC)c2)CC1C. The molecule has 0 bridgehead atoms. The molecule has 1 saturated heterocycles. The van der Waals surface area contributed by atoms with Crippen LogP contribution in [0.15, 0.2) is 24.3 Å². The van der Waals surface area contributed by atoms with Gasteiger partial charge in [0.1, 0.15) is 5.75 Å². The number of hydrogen-bond donors (Lipinski definition) is 0. The van der Waals surface area contributed by atoms with Gasteiger partial charge in [-0.2, -0.15) is 4.31 Å². The van der Waals surface area contributed by atoms with Gasteiger partial charge in [-0.05, 0) is 44.4 Å². The van der Waals surface area contributed by atoms with Gasteiger partial charge in [0.25, 0.3) is 0 Å². The van der Waals surface area contributed by atoms with Crippen molar-refractivity contribution >= 4 is 10.0 Å². The third-order valence-corrected chi connectivity index (χ3v) is 6.81. The molecule has 1 fully saturated rings.